The van der Waals surface area contributed by atoms with E-state index in [2.05, 4.69) is 12.1 Å². The fourth-order valence-corrected chi connectivity index (χ4v) is 1.69. The number of nitrogens with zero attached hydrogens (tertiary/aromatic N) is 1. The predicted octanol–water partition coefficient (Wildman–Crippen LogP) is 3.63. The Hall–Kier alpha value is -0.920. The van der Waals surface area contributed by atoms with Gasteiger partial charge in [0.1, 0.15) is 6.10 Å². The summed E-state index contributed by atoms with van der Waals surface area (Å²) in [6.07, 6.45) is -0.680. The second kappa shape index (κ2) is 5.70. The normalized spacial score (nSPS) is 16.3. The van der Waals surface area contributed by atoms with Crippen molar-refractivity contribution in [1.82, 2.24) is 0 Å². The number of rotatable bonds is 3. The van der Waals surface area contributed by atoms with Gasteiger partial charge in [0, 0.05) is 26.0 Å². The van der Waals surface area contributed by atoms with E-state index in [1.54, 1.807) is 0 Å². The van der Waals surface area contributed by atoms with Crippen LogP contribution in [0.2, 0.25) is 0 Å². The van der Waals surface area contributed by atoms with Gasteiger partial charge in [0.05, 0.1) is 6.61 Å². The van der Waals surface area contributed by atoms with Crippen molar-refractivity contribution in [3.05, 3.63) is 29.1 Å². The summed E-state index contributed by atoms with van der Waals surface area (Å²) in [5.74, 6) is 0. The molecule has 0 bridgehead atoms. The van der Waals surface area contributed by atoms with E-state index >= 15 is 0 Å². The van der Waals surface area contributed by atoms with Crippen LogP contribution in [0.4, 0.5) is 25.2 Å². The van der Waals surface area contributed by atoms with E-state index in [0.717, 1.165) is 11.4 Å². The molecule has 1 heterocycles. The molecule has 0 aliphatic carbocycles. The molecule has 10 heteroatoms. The summed E-state index contributed by atoms with van der Waals surface area (Å²) < 4.78 is 61.2. The molecule has 21 heavy (non-hydrogen) atoms. The van der Waals surface area contributed by atoms with Crippen LogP contribution in [-0.4, -0.2) is 22.9 Å². The van der Waals surface area contributed by atoms with Gasteiger partial charge in [0.15, 0.2) is 17.9 Å². The molecule has 0 radical (unpaired) electrons. The number of aliphatic hydroxyl groups is 2. The van der Waals surface area contributed by atoms with E-state index in [4.69, 9.17) is 5.11 Å². The summed E-state index contributed by atoms with van der Waals surface area (Å²) in [5, 5.41) is 18.1. The maximum atomic E-state index is 9.87. The zero-order chi connectivity index (χ0) is 17.1. The van der Waals surface area contributed by atoms with Gasteiger partial charge in [0.25, 0.3) is 0 Å². The summed E-state index contributed by atoms with van der Waals surface area (Å²) in [7, 11) is -10.7. The van der Waals surface area contributed by atoms with Gasteiger partial charge >= 0.3 is 33.0 Å². The average Bonchev–Trinajstić information content (AvgIpc) is 2.18. The monoisotopic (exact) mass is 341 g/mol. The molecule has 1 rings (SSSR count). The Labute approximate surface area is 118 Å². The summed E-state index contributed by atoms with van der Waals surface area (Å²) in [5.41, 5.74) is 3.43. The minimum absolute atomic E-state index is 0.195. The summed E-state index contributed by atoms with van der Waals surface area (Å²) >= 11 is 0. The van der Waals surface area contributed by atoms with Crippen LogP contribution < -0.4 is 4.57 Å². The molecule has 0 spiro atoms. The topological polar surface area (TPSA) is 44.3 Å². The molecular weight excluding hydrogens is 323 g/mol. The summed E-state index contributed by atoms with van der Waals surface area (Å²) in [6.45, 7) is 6.31. The van der Waals surface area contributed by atoms with Crippen molar-refractivity contribution in [1.29, 1.82) is 0 Å². The first-order valence-corrected chi connectivity index (χ1v) is 7.85. The van der Waals surface area contributed by atoms with E-state index in [-0.39, 0.29) is 6.61 Å². The molecule has 1 aromatic rings. The predicted molar refractivity (Wildman–Crippen MR) is 67.5 cm³/mol. The van der Waals surface area contributed by atoms with Crippen LogP contribution in [0.3, 0.4) is 0 Å². The molecule has 1 unspecified atom stereocenters. The van der Waals surface area contributed by atoms with Gasteiger partial charge in [-0.3, -0.25) is 0 Å². The molecule has 1 atom stereocenters. The van der Waals surface area contributed by atoms with Crippen LogP contribution in [0.5, 0.6) is 0 Å². The second-order valence-corrected chi connectivity index (χ2v) is 6.64. The first-order chi connectivity index (χ1) is 8.99. The van der Waals surface area contributed by atoms with Gasteiger partial charge in [-0.1, -0.05) is 0 Å². The molecule has 1 aromatic heterocycles. The van der Waals surface area contributed by atoms with Crippen LogP contribution in [0.1, 0.15) is 17.0 Å². The molecule has 0 aliphatic rings. The van der Waals surface area contributed by atoms with Gasteiger partial charge in [-0.25, -0.2) is 0 Å². The molecule has 0 fully saturated rings. The molecule has 3 nitrogen and oxygen atoms in total. The van der Waals surface area contributed by atoms with E-state index in [1.165, 1.54) is 5.56 Å². The van der Waals surface area contributed by atoms with Crippen molar-refractivity contribution >= 4 is 7.81 Å². The van der Waals surface area contributed by atoms with Crippen LogP contribution in [0, 0.1) is 20.8 Å². The molecule has 0 amide bonds. The Morgan fingerprint density at radius 3 is 1.62 bits per heavy atom. The first kappa shape index (κ1) is 20.1. The van der Waals surface area contributed by atoms with Crippen LogP contribution in [-0.2, 0) is 6.54 Å². The Bertz CT molecular complexity index is 468. The average molecular weight is 341 g/mol. The molecular formula is C11H18F6NO2P. The van der Waals surface area contributed by atoms with E-state index in [1.807, 2.05) is 25.3 Å². The van der Waals surface area contributed by atoms with E-state index < -0.39 is 13.9 Å². The van der Waals surface area contributed by atoms with Crippen molar-refractivity contribution in [3.63, 3.8) is 0 Å². The SMILES string of the molecule is Cc1cc(C)[n+](CC(O)CO)c(C)c1.F[P-](F)(F)(F)(F)F. The van der Waals surface area contributed by atoms with Gasteiger partial charge in [-0.15, -0.1) is 0 Å². The van der Waals surface area contributed by atoms with E-state index in [9.17, 15) is 30.3 Å². The molecule has 0 aromatic carbocycles. The molecule has 126 valence electrons. The number of hydrogen-bond acceptors (Lipinski definition) is 2. The summed E-state index contributed by atoms with van der Waals surface area (Å²) in [4.78, 5) is 0. The van der Waals surface area contributed by atoms with Crippen molar-refractivity contribution in [3.8, 4) is 0 Å². The third kappa shape index (κ3) is 12.5. The number of aryl methyl sites for hydroxylation is 3. The molecule has 0 saturated heterocycles. The fourth-order valence-electron chi connectivity index (χ4n) is 1.69. The Balaban J connectivity index is 0.000000486. The van der Waals surface area contributed by atoms with Gasteiger partial charge < -0.3 is 10.2 Å². The quantitative estimate of drug-likeness (QED) is 0.501. The van der Waals surface area contributed by atoms with Crippen molar-refractivity contribution in [2.45, 2.75) is 33.4 Å². The molecule has 0 saturated carbocycles. The fraction of sp³-hybridized carbons (Fsp3) is 0.545. The second-order valence-electron chi connectivity index (χ2n) is 4.72. The first-order valence-electron chi connectivity index (χ1n) is 5.82. The van der Waals surface area contributed by atoms with Crippen molar-refractivity contribution < 1.29 is 40.0 Å². The van der Waals surface area contributed by atoms with Crippen molar-refractivity contribution in [2.24, 2.45) is 0 Å². The molecule has 0 aliphatic heterocycles. The van der Waals surface area contributed by atoms with Crippen LogP contribution in [0.15, 0.2) is 12.1 Å². The zero-order valence-electron chi connectivity index (χ0n) is 11.7. The van der Waals surface area contributed by atoms with Crippen LogP contribution in [0.25, 0.3) is 0 Å². The Morgan fingerprint density at radius 1 is 1.00 bits per heavy atom. The number of halogens is 6. The number of pyridine rings is 1. The van der Waals surface area contributed by atoms with E-state index in [0.29, 0.717) is 6.54 Å². The van der Waals surface area contributed by atoms with Gasteiger partial charge in [-0.05, 0) is 12.5 Å². The number of aliphatic hydroxyl groups excluding tert-OH is 2. The van der Waals surface area contributed by atoms with Crippen LogP contribution >= 0.6 is 7.81 Å². The zero-order valence-corrected chi connectivity index (χ0v) is 12.6. The Morgan fingerprint density at radius 2 is 1.33 bits per heavy atom. The van der Waals surface area contributed by atoms with Gasteiger partial charge in [0.2, 0.25) is 0 Å². The third-order valence-electron chi connectivity index (χ3n) is 2.33. The summed E-state index contributed by atoms with van der Waals surface area (Å²) in [6, 6.07) is 4.13. The Kier molecular flexibility index (Phi) is 5.45. The number of aromatic nitrogens is 1. The standard InChI is InChI=1S/C11H18NO2.F6P/c1-8-4-9(2)12(10(3)5-8)6-11(14)7-13;1-7(2,3,4,5)6/h4-5,11,13-14H,6-7H2,1-3H3;/q+1;-1. The van der Waals surface area contributed by atoms with Crippen molar-refractivity contribution in [2.75, 3.05) is 6.61 Å². The maximum absolute atomic E-state index is 10.7. The molecule has 2 N–H and O–H groups in total. The number of hydrogen-bond donors (Lipinski definition) is 2. The minimum atomic E-state index is -10.7. The van der Waals surface area contributed by atoms with Gasteiger partial charge in [-0.2, -0.15) is 4.57 Å². The third-order valence-corrected chi connectivity index (χ3v) is 2.33.